The van der Waals surface area contributed by atoms with Crippen LogP contribution in [0.5, 0.6) is 0 Å². The number of aryl methyl sites for hydroxylation is 1. The summed E-state index contributed by atoms with van der Waals surface area (Å²) >= 11 is 0. The third-order valence-corrected chi connectivity index (χ3v) is 3.45. The van der Waals surface area contributed by atoms with E-state index in [0.29, 0.717) is 18.4 Å². The van der Waals surface area contributed by atoms with Crippen LogP contribution in [-0.4, -0.2) is 22.1 Å². The van der Waals surface area contributed by atoms with Crippen molar-refractivity contribution in [1.82, 2.24) is 9.55 Å². The lowest BCUT2D eigenvalue weighted by atomic mass is 10.2. The Morgan fingerprint density at radius 3 is 2.73 bits per heavy atom. The molecule has 0 saturated carbocycles. The molecule has 22 heavy (non-hydrogen) atoms. The number of para-hydroxylation sites is 1. The van der Waals surface area contributed by atoms with Crippen molar-refractivity contribution >= 4 is 16.9 Å². The van der Waals surface area contributed by atoms with Gasteiger partial charge in [-0.3, -0.25) is 14.2 Å². The summed E-state index contributed by atoms with van der Waals surface area (Å²) in [4.78, 5) is 28.6. The molecule has 2 rings (SSSR count). The Hall–Kier alpha value is -2.17. The van der Waals surface area contributed by atoms with Gasteiger partial charge >= 0.3 is 5.97 Å². The zero-order valence-electron chi connectivity index (χ0n) is 13.2. The van der Waals surface area contributed by atoms with E-state index in [-0.39, 0.29) is 18.1 Å². The van der Waals surface area contributed by atoms with E-state index in [9.17, 15) is 9.59 Å². The Labute approximate surface area is 129 Å². The van der Waals surface area contributed by atoms with Gasteiger partial charge < -0.3 is 4.74 Å². The van der Waals surface area contributed by atoms with Crippen molar-refractivity contribution < 1.29 is 9.53 Å². The lowest BCUT2D eigenvalue weighted by molar-refractivity contribution is -0.143. The van der Waals surface area contributed by atoms with E-state index < -0.39 is 0 Å². The number of rotatable bonds is 7. The summed E-state index contributed by atoms with van der Waals surface area (Å²) in [6, 6.07) is 7.33. The van der Waals surface area contributed by atoms with Gasteiger partial charge in [-0.05, 0) is 25.0 Å². The van der Waals surface area contributed by atoms with Crippen LogP contribution in [0.2, 0.25) is 0 Å². The molecule has 1 heterocycles. The van der Waals surface area contributed by atoms with Crippen molar-refractivity contribution in [3.8, 4) is 0 Å². The van der Waals surface area contributed by atoms with E-state index in [4.69, 9.17) is 4.74 Å². The first-order valence-electron chi connectivity index (χ1n) is 7.81. The summed E-state index contributed by atoms with van der Waals surface area (Å²) in [7, 11) is 0. The summed E-state index contributed by atoms with van der Waals surface area (Å²) in [5.74, 6) is 0.527. The summed E-state index contributed by atoms with van der Waals surface area (Å²) in [6.45, 7) is 4.53. The highest BCUT2D eigenvalue weighted by molar-refractivity contribution is 5.77. The minimum atomic E-state index is -0.221. The Balaban J connectivity index is 2.26. The molecule has 2 aromatic rings. The number of ether oxygens (including phenoxy) is 1. The van der Waals surface area contributed by atoms with E-state index in [1.54, 1.807) is 10.6 Å². The maximum atomic E-state index is 12.6. The van der Waals surface area contributed by atoms with Gasteiger partial charge in [-0.1, -0.05) is 26.0 Å². The molecule has 1 aromatic heterocycles. The third kappa shape index (κ3) is 3.72. The first-order valence-corrected chi connectivity index (χ1v) is 7.81. The Bertz CT molecular complexity index is 707. The first-order chi connectivity index (χ1) is 10.7. The molecule has 0 amide bonds. The summed E-state index contributed by atoms with van der Waals surface area (Å²) in [5, 5.41) is 0.599. The van der Waals surface area contributed by atoms with Gasteiger partial charge in [0.05, 0.1) is 17.4 Å². The van der Waals surface area contributed by atoms with Gasteiger partial charge in [-0.25, -0.2) is 4.98 Å². The maximum Gasteiger partial charge on any atom is 0.305 e. The Morgan fingerprint density at radius 1 is 1.23 bits per heavy atom. The first kappa shape index (κ1) is 16.2. The molecule has 0 saturated heterocycles. The van der Waals surface area contributed by atoms with Crippen LogP contribution in [0.1, 0.15) is 38.9 Å². The van der Waals surface area contributed by atoms with Crippen molar-refractivity contribution in [3.05, 3.63) is 40.4 Å². The molecule has 1 aromatic carbocycles. The third-order valence-electron chi connectivity index (χ3n) is 3.45. The molecule has 0 unspecified atom stereocenters. The van der Waals surface area contributed by atoms with Gasteiger partial charge in [0, 0.05) is 12.8 Å². The molecule has 0 atom stereocenters. The fourth-order valence-electron chi connectivity index (χ4n) is 2.39. The molecule has 0 radical (unpaired) electrons. The molecule has 0 aliphatic heterocycles. The molecule has 0 spiro atoms. The lowest BCUT2D eigenvalue weighted by Crippen LogP contribution is -2.27. The lowest BCUT2D eigenvalue weighted by Gasteiger charge is -2.13. The topological polar surface area (TPSA) is 61.2 Å². The number of benzene rings is 1. The van der Waals surface area contributed by atoms with Crippen LogP contribution in [0, 0.1) is 0 Å². The summed E-state index contributed by atoms with van der Waals surface area (Å²) < 4.78 is 6.79. The molecule has 0 aliphatic carbocycles. The van der Waals surface area contributed by atoms with Crippen molar-refractivity contribution in [3.63, 3.8) is 0 Å². The smallest absolute Gasteiger partial charge is 0.305 e. The molecule has 0 fully saturated rings. The molecular formula is C17H22N2O3. The summed E-state index contributed by atoms with van der Waals surface area (Å²) in [6.07, 6.45) is 2.80. The zero-order valence-corrected chi connectivity index (χ0v) is 13.2. The van der Waals surface area contributed by atoms with Gasteiger partial charge in [0.2, 0.25) is 0 Å². The van der Waals surface area contributed by atoms with Crippen LogP contribution in [0.4, 0.5) is 0 Å². The minimum absolute atomic E-state index is 0.0689. The highest BCUT2D eigenvalue weighted by atomic mass is 16.5. The number of aromatic nitrogens is 2. The Kier molecular flexibility index (Phi) is 5.69. The van der Waals surface area contributed by atoms with Crippen molar-refractivity contribution in [2.75, 3.05) is 6.61 Å². The largest absolute Gasteiger partial charge is 0.464 e. The molecule has 5 nitrogen and oxygen atoms in total. The van der Waals surface area contributed by atoms with Crippen LogP contribution in [0.25, 0.3) is 10.9 Å². The quantitative estimate of drug-likeness (QED) is 0.738. The van der Waals surface area contributed by atoms with E-state index in [1.165, 1.54) is 0 Å². The van der Waals surface area contributed by atoms with Crippen molar-refractivity contribution in [2.45, 2.75) is 46.1 Å². The van der Waals surface area contributed by atoms with Crippen molar-refractivity contribution in [1.29, 1.82) is 0 Å². The average Bonchev–Trinajstić information content (AvgIpc) is 2.51. The molecular weight excluding hydrogens is 280 g/mol. The zero-order chi connectivity index (χ0) is 15.9. The predicted octanol–water partition coefficient (Wildman–Crippen LogP) is 2.69. The monoisotopic (exact) mass is 302 g/mol. The van der Waals surface area contributed by atoms with Gasteiger partial charge in [-0.2, -0.15) is 0 Å². The van der Waals surface area contributed by atoms with Gasteiger partial charge in [0.25, 0.3) is 5.56 Å². The standard InChI is InChI=1S/C17H22N2O3/c1-3-7-15-18-14-10-6-5-9-13(14)17(21)19(15)11-12-22-16(20)8-4-2/h5-6,9-10H,3-4,7-8,11-12H2,1-2H3. The predicted molar refractivity (Wildman–Crippen MR) is 85.9 cm³/mol. The van der Waals surface area contributed by atoms with Crippen LogP contribution in [0.15, 0.2) is 29.1 Å². The van der Waals surface area contributed by atoms with Crippen LogP contribution in [0.3, 0.4) is 0 Å². The molecule has 118 valence electrons. The highest BCUT2D eigenvalue weighted by Crippen LogP contribution is 2.09. The number of nitrogens with zero attached hydrogens (tertiary/aromatic N) is 2. The normalized spacial score (nSPS) is 10.8. The number of carbonyl (C=O) groups excluding carboxylic acids is 1. The number of carbonyl (C=O) groups is 1. The van der Waals surface area contributed by atoms with Gasteiger partial charge in [-0.15, -0.1) is 0 Å². The highest BCUT2D eigenvalue weighted by Gasteiger charge is 2.10. The van der Waals surface area contributed by atoms with Crippen LogP contribution >= 0.6 is 0 Å². The summed E-state index contributed by atoms with van der Waals surface area (Å²) in [5.41, 5.74) is 0.649. The van der Waals surface area contributed by atoms with Gasteiger partial charge in [0.15, 0.2) is 0 Å². The maximum absolute atomic E-state index is 12.6. The van der Waals surface area contributed by atoms with Crippen LogP contribution < -0.4 is 5.56 Å². The van der Waals surface area contributed by atoms with Gasteiger partial charge in [0.1, 0.15) is 12.4 Å². The number of hydrogen-bond donors (Lipinski definition) is 0. The van der Waals surface area contributed by atoms with Crippen LogP contribution in [-0.2, 0) is 22.5 Å². The van der Waals surface area contributed by atoms with E-state index in [2.05, 4.69) is 4.98 Å². The Morgan fingerprint density at radius 2 is 2.00 bits per heavy atom. The second-order valence-electron chi connectivity index (χ2n) is 5.22. The SMILES string of the molecule is CCCC(=O)OCCn1c(CCC)nc2ccccc2c1=O. The second kappa shape index (κ2) is 7.73. The second-order valence-corrected chi connectivity index (χ2v) is 5.22. The number of esters is 1. The molecule has 5 heteroatoms. The van der Waals surface area contributed by atoms with E-state index in [0.717, 1.165) is 30.6 Å². The van der Waals surface area contributed by atoms with E-state index >= 15 is 0 Å². The van der Waals surface area contributed by atoms with E-state index in [1.807, 2.05) is 32.0 Å². The fourth-order valence-corrected chi connectivity index (χ4v) is 2.39. The molecule has 0 aliphatic rings. The molecule has 0 bridgehead atoms. The molecule has 0 N–H and O–H groups in total. The fraction of sp³-hybridized carbons (Fsp3) is 0.471. The average molecular weight is 302 g/mol. The number of fused-ring (bicyclic) bond motifs is 1. The van der Waals surface area contributed by atoms with Crippen molar-refractivity contribution in [2.24, 2.45) is 0 Å². The minimum Gasteiger partial charge on any atom is -0.464 e. The number of hydrogen-bond acceptors (Lipinski definition) is 4.